The van der Waals surface area contributed by atoms with E-state index in [0.717, 1.165) is 9.87 Å². The summed E-state index contributed by atoms with van der Waals surface area (Å²) in [5, 5.41) is 0.191. The number of hydrogen-bond acceptors (Lipinski definition) is 4. The predicted molar refractivity (Wildman–Crippen MR) is 73.8 cm³/mol. The summed E-state index contributed by atoms with van der Waals surface area (Å²) in [7, 11) is -2.22. The molecule has 0 bridgehead atoms. The highest BCUT2D eigenvalue weighted by Crippen LogP contribution is 2.21. The topological polar surface area (TPSA) is 63.2 Å². The van der Waals surface area contributed by atoms with Gasteiger partial charge in [0.1, 0.15) is 17.3 Å². The lowest BCUT2D eigenvalue weighted by atomic mass is 10.2. The zero-order chi connectivity index (χ0) is 14.0. The van der Waals surface area contributed by atoms with Crippen LogP contribution < -0.4 is 4.31 Å². The summed E-state index contributed by atoms with van der Waals surface area (Å²) in [6, 6.07) is 8.00. The second kappa shape index (κ2) is 5.14. The van der Waals surface area contributed by atoms with Crippen molar-refractivity contribution >= 4 is 27.4 Å². The highest BCUT2D eigenvalue weighted by atomic mass is 35.5. The summed E-state index contributed by atoms with van der Waals surface area (Å²) in [6.45, 7) is 1.89. The molecule has 0 fully saturated rings. The van der Waals surface area contributed by atoms with Crippen LogP contribution in [0.25, 0.3) is 0 Å². The zero-order valence-corrected chi connectivity index (χ0v) is 12.0. The second-order valence-corrected chi connectivity index (χ2v) is 6.34. The van der Waals surface area contributed by atoms with Gasteiger partial charge in [0.05, 0.1) is 4.90 Å². The molecule has 0 saturated carbocycles. The molecule has 1 heterocycles. The first-order valence-electron chi connectivity index (χ1n) is 5.44. The molecule has 1 aromatic carbocycles. The molecule has 1 aromatic heterocycles. The van der Waals surface area contributed by atoms with Crippen LogP contribution in [0.2, 0.25) is 5.15 Å². The van der Waals surface area contributed by atoms with Crippen molar-refractivity contribution < 1.29 is 8.42 Å². The smallest absolute Gasteiger partial charge is 0.253 e. The van der Waals surface area contributed by atoms with Gasteiger partial charge in [0, 0.05) is 13.1 Å². The number of halogens is 1. The number of aryl methyl sites for hydroxylation is 1. The summed E-state index contributed by atoms with van der Waals surface area (Å²) in [4.78, 5) is 7.83. The quantitative estimate of drug-likeness (QED) is 0.815. The third-order valence-electron chi connectivity index (χ3n) is 2.62. The standard InChI is InChI=1S/C12H12ClN3O2S/c1-9-3-5-10(6-4-9)19(17,18)16(2)12-7-11(13)14-8-15-12/h3-8H,1-2H3. The summed E-state index contributed by atoms with van der Waals surface area (Å²) in [6.07, 6.45) is 1.22. The molecule has 0 N–H and O–H groups in total. The Balaban J connectivity index is 2.42. The molecule has 2 aromatic rings. The van der Waals surface area contributed by atoms with Crippen molar-refractivity contribution in [3.05, 3.63) is 47.4 Å². The van der Waals surface area contributed by atoms with Crippen LogP contribution in [-0.2, 0) is 10.0 Å². The van der Waals surface area contributed by atoms with Crippen LogP contribution in [0.1, 0.15) is 5.56 Å². The fraction of sp³-hybridized carbons (Fsp3) is 0.167. The van der Waals surface area contributed by atoms with Crippen molar-refractivity contribution in [3.8, 4) is 0 Å². The molecule has 0 aliphatic carbocycles. The fourth-order valence-electron chi connectivity index (χ4n) is 1.49. The van der Waals surface area contributed by atoms with Crippen molar-refractivity contribution in [1.82, 2.24) is 9.97 Å². The Labute approximate surface area is 116 Å². The Morgan fingerprint density at radius 2 is 1.79 bits per heavy atom. The minimum absolute atomic E-state index is 0.191. The van der Waals surface area contributed by atoms with Crippen molar-refractivity contribution in [2.45, 2.75) is 11.8 Å². The van der Waals surface area contributed by atoms with Crippen molar-refractivity contribution in [3.63, 3.8) is 0 Å². The second-order valence-electron chi connectivity index (χ2n) is 3.98. The van der Waals surface area contributed by atoms with Gasteiger partial charge in [-0.05, 0) is 19.1 Å². The van der Waals surface area contributed by atoms with Crippen molar-refractivity contribution in [2.75, 3.05) is 11.4 Å². The van der Waals surface area contributed by atoms with E-state index in [9.17, 15) is 8.42 Å². The highest BCUT2D eigenvalue weighted by Gasteiger charge is 2.22. The maximum Gasteiger partial charge on any atom is 0.265 e. The zero-order valence-electron chi connectivity index (χ0n) is 10.4. The van der Waals surface area contributed by atoms with Gasteiger partial charge in [0.2, 0.25) is 0 Å². The first kappa shape index (κ1) is 13.8. The third kappa shape index (κ3) is 2.85. The summed E-state index contributed by atoms with van der Waals surface area (Å²) < 4.78 is 25.8. The van der Waals surface area contributed by atoms with Gasteiger partial charge in [-0.25, -0.2) is 18.4 Å². The molecule has 0 aliphatic heterocycles. The van der Waals surface area contributed by atoms with Crippen LogP contribution in [0, 0.1) is 6.92 Å². The van der Waals surface area contributed by atoms with Crippen LogP contribution in [0.4, 0.5) is 5.82 Å². The van der Waals surface area contributed by atoms with Gasteiger partial charge >= 0.3 is 0 Å². The largest absolute Gasteiger partial charge is 0.265 e. The lowest BCUT2D eigenvalue weighted by Gasteiger charge is -2.18. The Bertz CT molecular complexity index is 686. The summed E-state index contributed by atoms with van der Waals surface area (Å²) in [5.74, 6) is 0.223. The Kier molecular flexibility index (Phi) is 3.73. The normalized spacial score (nSPS) is 11.3. The molecule has 0 unspecified atom stereocenters. The molecule has 0 saturated heterocycles. The molecule has 0 amide bonds. The van der Waals surface area contributed by atoms with Gasteiger partial charge < -0.3 is 0 Å². The van der Waals surface area contributed by atoms with E-state index < -0.39 is 10.0 Å². The molecular formula is C12H12ClN3O2S. The molecular weight excluding hydrogens is 286 g/mol. The van der Waals surface area contributed by atoms with Crippen LogP contribution in [-0.4, -0.2) is 25.4 Å². The van der Waals surface area contributed by atoms with Gasteiger partial charge in [-0.15, -0.1) is 0 Å². The van der Waals surface area contributed by atoms with Crippen LogP contribution in [0.5, 0.6) is 0 Å². The van der Waals surface area contributed by atoms with E-state index in [2.05, 4.69) is 9.97 Å². The monoisotopic (exact) mass is 297 g/mol. The Morgan fingerprint density at radius 3 is 2.37 bits per heavy atom. The third-order valence-corrected chi connectivity index (χ3v) is 4.60. The van der Waals surface area contributed by atoms with E-state index in [4.69, 9.17) is 11.6 Å². The number of aromatic nitrogens is 2. The first-order chi connectivity index (χ1) is 8.91. The molecule has 100 valence electrons. The van der Waals surface area contributed by atoms with Crippen molar-refractivity contribution in [1.29, 1.82) is 0 Å². The van der Waals surface area contributed by atoms with Gasteiger partial charge in [-0.3, -0.25) is 4.31 Å². The van der Waals surface area contributed by atoms with Crippen LogP contribution in [0.3, 0.4) is 0 Å². The molecule has 0 spiro atoms. The number of sulfonamides is 1. The summed E-state index contributed by atoms with van der Waals surface area (Å²) in [5.41, 5.74) is 0.992. The molecule has 0 atom stereocenters. The molecule has 7 heteroatoms. The van der Waals surface area contributed by atoms with E-state index in [0.29, 0.717) is 0 Å². The predicted octanol–water partition coefficient (Wildman–Crippen LogP) is 2.26. The minimum Gasteiger partial charge on any atom is -0.253 e. The molecule has 0 aliphatic rings. The van der Waals surface area contributed by atoms with E-state index in [1.165, 1.54) is 19.4 Å². The Morgan fingerprint density at radius 1 is 1.16 bits per heavy atom. The summed E-state index contributed by atoms with van der Waals surface area (Å²) >= 11 is 5.73. The number of nitrogens with zero attached hydrogens (tertiary/aromatic N) is 3. The van der Waals surface area contributed by atoms with E-state index >= 15 is 0 Å². The lowest BCUT2D eigenvalue weighted by Crippen LogP contribution is -2.27. The maximum atomic E-state index is 12.4. The number of rotatable bonds is 3. The van der Waals surface area contributed by atoms with E-state index in [1.807, 2.05) is 6.92 Å². The van der Waals surface area contributed by atoms with Crippen LogP contribution >= 0.6 is 11.6 Å². The van der Waals surface area contributed by atoms with Gasteiger partial charge in [-0.2, -0.15) is 0 Å². The average molecular weight is 298 g/mol. The number of hydrogen-bond donors (Lipinski definition) is 0. The highest BCUT2D eigenvalue weighted by molar-refractivity contribution is 7.92. The van der Waals surface area contributed by atoms with Crippen molar-refractivity contribution in [2.24, 2.45) is 0 Å². The first-order valence-corrected chi connectivity index (χ1v) is 7.26. The van der Waals surface area contributed by atoms with Crippen LogP contribution in [0.15, 0.2) is 41.6 Å². The lowest BCUT2D eigenvalue weighted by molar-refractivity contribution is 0.594. The number of benzene rings is 1. The maximum absolute atomic E-state index is 12.4. The molecule has 5 nitrogen and oxygen atoms in total. The molecule has 2 rings (SSSR count). The Hall–Kier alpha value is -1.66. The van der Waals surface area contributed by atoms with Gasteiger partial charge in [0.15, 0.2) is 0 Å². The van der Waals surface area contributed by atoms with Gasteiger partial charge in [-0.1, -0.05) is 29.3 Å². The van der Waals surface area contributed by atoms with E-state index in [1.54, 1.807) is 24.3 Å². The fourth-order valence-corrected chi connectivity index (χ4v) is 2.77. The minimum atomic E-state index is -3.64. The SMILES string of the molecule is Cc1ccc(S(=O)(=O)N(C)c2cc(Cl)ncn2)cc1. The number of anilines is 1. The van der Waals surface area contributed by atoms with Gasteiger partial charge in [0.25, 0.3) is 10.0 Å². The van der Waals surface area contributed by atoms with E-state index in [-0.39, 0.29) is 15.9 Å². The molecule has 0 radical (unpaired) electrons. The molecule has 19 heavy (non-hydrogen) atoms. The average Bonchev–Trinajstić information content (AvgIpc) is 2.38.